The Morgan fingerprint density at radius 2 is 2.27 bits per heavy atom. The lowest BCUT2D eigenvalue weighted by Crippen LogP contribution is -2.21. The Balaban J connectivity index is 2.52. The molecule has 0 saturated carbocycles. The number of carbonyl (C=O) groups excluding carboxylic acids is 1. The molecule has 1 amide bonds. The number of amides is 1. The van der Waals surface area contributed by atoms with E-state index in [2.05, 4.69) is 11.4 Å². The van der Waals surface area contributed by atoms with Gasteiger partial charge in [-0.3, -0.25) is 4.79 Å². The monoisotopic (exact) mass is 205 g/mol. The van der Waals surface area contributed by atoms with Crippen molar-refractivity contribution in [2.75, 3.05) is 13.7 Å². The van der Waals surface area contributed by atoms with E-state index < -0.39 is 0 Å². The van der Waals surface area contributed by atoms with Crippen molar-refractivity contribution in [3.8, 4) is 5.75 Å². The molecule has 0 saturated heterocycles. The van der Waals surface area contributed by atoms with Gasteiger partial charge in [0, 0.05) is 7.05 Å². The second kappa shape index (κ2) is 3.93. The maximum absolute atomic E-state index is 11.6. The molecule has 0 fully saturated rings. The van der Waals surface area contributed by atoms with Crippen LogP contribution in [-0.4, -0.2) is 19.6 Å². The highest BCUT2D eigenvalue weighted by molar-refractivity contribution is 5.97. The first-order valence-corrected chi connectivity index (χ1v) is 5.21. The summed E-state index contributed by atoms with van der Waals surface area (Å²) in [5.41, 5.74) is 2.92. The van der Waals surface area contributed by atoms with Crippen LogP contribution in [0.3, 0.4) is 0 Å². The summed E-state index contributed by atoms with van der Waals surface area (Å²) in [5.74, 6) is 0.697. The van der Waals surface area contributed by atoms with Crippen molar-refractivity contribution in [2.45, 2.75) is 19.8 Å². The highest BCUT2D eigenvalue weighted by atomic mass is 16.5. The van der Waals surface area contributed by atoms with Gasteiger partial charge in [0.05, 0.1) is 12.2 Å². The van der Waals surface area contributed by atoms with E-state index >= 15 is 0 Å². The zero-order valence-electron chi connectivity index (χ0n) is 9.09. The van der Waals surface area contributed by atoms with Crippen molar-refractivity contribution in [1.29, 1.82) is 0 Å². The van der Waals surface area contributed by atoms with Gasteiger partial charge >= 0.3 is 0 Å². The molecule has 1 aliphatic rings. The predicted molar refractivity (Wildman–Crippen MR) is 58.4 cm³/mol. The van der Waals surface area contributed by atoms with Crippen LogP contribution in [0.5, 0.6) is 5.75 Å². The summed E-state index contributed by atoms with van der Waals surface area (Å²) in [6, 6.07) is 3.98. The second-order valence-corrected chi connectivity index (χ2v) is 3.83. The maximum Gasteiger partial charge on any atom is 0.254 e. The smallest absolute Gasteiger partial charge is 0.254 e. The number of nitrogens with one attached hydrogen (secondary N) is 1. The summed E-state index contributed by atoms with van der Waals surface area (Å²) in [7, 11) is 1.64. The van der Waals surface area contributed by atoms with Gasteiger partial charge < -0.3 is 10.1 Å². The molecule has 3 nitrogen and oxygen atoms in total. The summed E-state index contributed by atoms with van der Waals surface area (Å²) in [5, 5.41) is 2.64. The molecule has 15 heavy (non-hydrogen) atoms. The quantitative estimate of drug-likeness (QED) is 0.757. The molecule has 0 radical (unpaired) electrons. The minimum Gasteiger partial charge on any atom is -0.492 e. The molecule has 0 bridgehead atoms. The topological polar surface area (TPSA) is 38.3 Å². The SMILES string of the molecule is CNC(=O)c1cc(C)cc2c1OCCC2. The van der Waals surface area contributed by atoms with Gasteiger partial charge in [-0.05, 0) is 37.0 Å². The first kappa shape index (κ1) is 10.0. The van der Waals surface area contributed by atoms with Crippen LogP contribution < -0.4 is 10.1 Å². The van der Waals surface area contributed by atoms with Gasteiger partial charge in [-0.15, -0.1) is 0 Å². The Morgan fingerprint density at radius 3 is 3.00 bits per heavy atom. The van der Waals surface area contributed by atoms with Gasteiger partial charge in [0.1, 0.15) is 5.75 Å². The largest absolute Gasteiger partial charge is 0.492 e. The Kier molecular flexibility index (Phi) is 2.62. The van der Waals surface area contributed by atoms with E-state index in [1.807, 2.05) is 13.0 Å². The van der Waals surface area contributed by atoms with Crippen molar-refractivity contribution in [3.63, 3.8) is 0 Å². The summed E-state index contributed by atoms with van der Waals surface area (Å²) in [6.45, 7) is 2.71. The Bertz CT molecular complexity index is 399. The van der Waals surface area contributed by atoms with Crippen LogP contribution in [0.25, 0.3) is 0 Å². The molecular formula is C12H15NO2. The van der Waals surface area contributed by atoms with Crippen molar-refractivity contribution in [2.24, 2.45) is 0 Å². The molecule has 1 aromatic carbocycles. The summed E-state index contributed by atoms with van der Waals surface area (Å²) >= 11 is 0. The maximum atomic E-state index is 11.6. The van der Waals surface area contributed by atoms with Gasteiger partial charge in [0.15, 0.2) is 0 Å². The lowest BCUT2D eigenvalue weighted by molar-refractivity contribution is 0.0958. The lowest BCUT2D eigenvalue weighted by atomic mass is 9.99. The van der Waals surface area contributed by atoms with Gasteiger partial charge in [-0.2, -0.15) is 0 Å². The highest BCUT2D eigenvalue weighted by Gasteiger charge is 2.19. The standard InChI is InChI=1S/C12H15NO2/c1-8-6-9-4-3-5-15-11(9)10(7-8)12(14)13-2/h6-7H,3-5H2,1-2H3,(H,13,14). The predicted octanol–water partition coefficient (Wildman–Crippen LogP) is 1.68. The zero-order valence-corrected chi connectivity index (χ0v) is 9.09. The summed E-state index contributed by atoms with van der Waals surface area (Å²) in [6.07, 6.45) is 2.03. The molecule has 0 aromatic heterocycles. The van der Waals surface area contributed by atoms with E-state index in [1.165, 1.54) is 0 Å². The van der Waals surface area contributed by atoms with E-state index in [4.69, 9.17) is 4.74 Å². The fourth-order valence-corrected chi connectivity index (χ4v) is 1.94. The molecule has 0 unspecified atom stereocenters. The Labute approximate surface area is 89.4 Å². The van der Waals surface area contributed by atoms with Gasteiger partial charge in [-0.25, -0.2) is 0 Å². The number of carbonyl (C=O) groups is 1. The van der Waals surface area contributed by atoms with Crippen molar-refractivity contribution in [3.05, 3.63) is 28.8 Å². The number of rotatable bonds is 1. The molecule has 1 N–H and O–H groups in total. The van der Waals surface area contributed by atoms with Crippen LogP contribution in [0, 0.1) is 6.92 Å². The summed E-state index contributed by atoms with van der Waals surface area (Å²) < 4.78 is 5.57. The molecule has 0 spiro atoms. The third kappa shape index (κ3) is 1.82. The van der Waals surface area contributed by atoms with E-state index in [0.717, 1.165) is 29.7 Å². The van der Waals surface area contributed by atoms with Crippen LogP contribution in [-0.2, 0) is 6.42 Å². The molecular weight excluding hydrogens is 190 g/mol. The highest BCUT2D eigenvalue weighted by Crippen LogP contribution is 2.30. The van der Waals surface area contributed by atoms with Crippen molar-refractivity contribution < 1.29 is 9.53 Å². The number of hydrogen-bond donors (Lipinski definition) is 1. The van der Waals surface area contributed by atoms with E-state index in [9.17, 15) is 4.79 Å². The average Bonchev–Trinajstić information content (AvgIpc) is 2.26. The second-order valence-electron chi connectivity index (χ2n) is 3.83. The van der Waals surface area contributed by atoms with Crippen LogP contribution in [0.2, 0.25) is 0 Å². The number of hydrogen-bond acceptors (Lipinski definition) is 2. The summed E-state index contributed by atoms with van der Waals surface area (Å²) in [4.78, 5) is 11.6. The third-order valence-corrected chi connectivity index (χ3v) is 2.62. The first-order chi connectivity index (χ1) is 7.22. The normalized spacial score (nSPS) is 14.0. The number of benzene rings is 1. The van der Waals surface area contributed by atoms with Gasteiger partial charge in [0.2, 0.25) is 0 Å². The number of aryl methyl sites for hydroxylation is 2. The van der Waals surface area contributed by atoms with E-state index in [-0.39, 0.29) is 5.91 Å². The van der Waals surface area contributed by atoms with Gasteiger partial charge in [-0.1, -0.05) is 6.07 Å². The van der Waals surface area contributed by atoms with Crippen molar-refractivity contribution >= 4 is 5.91 Å². The lowest BCUT2D eigenvalue weighted by Gasteiger charge is -2.20. The minimum atomic E-state index is -0.0724. The molecule has 1 aromatic rings. The van der Waals surface area contributed by atoms with Crippen LogP contribution in [0.15, 0.2) is 12.1 Å². The van der Waals surface area contributed by atoms with Crippen LogP contribution in [0.1, 0.15) is 27.9 Å². The zero-order chi connectivity index (χ0) is 10.8. The van der Waals surface area contributed by atoms with Crippen molar-refractivity contribution in [1.82, 2.24) is 5.32 Å². The molecule has 0 aliphatic carbocycles. The molecule has 1 heterocycles. The van der Waals surface area contributed by atoms with E-state index in [0.29, 0.717) is 12.2 Å². The average molecular weight is 205 g/mol. The van der Waals surface area contributed by atoms with Crippen LogP contribution in [0.4, 0.5) is 0 Å². The molecule has 1 aliphatic heterocycles. The minimum absolute atomic E-state index is 0.0724. The molecule has 3 heteroatoms. The first-order valence-electron chi connectivity index (χ1n) is 5.21. The molecule has 0 atom stereocenters. The van der Waals surface area contributed by atoms with Gasteiger partial charge in [0.25, 0.3) is 5.91 Å². The number of fused-ring (bicyclic) bond motifs is 1. The Hall–Kier alpha value is -1.51. The third-order valence-electron chi connectivity index (χ3n) is 2.62. The van der Waals surface area contributed by atoms with Crippen LogP contribution >= 0.6 is 0 Å². The van der Waals surface area contributed by atoms with E-state index in [1.54, 1.807) is 7.05 Å². The fourth-order valence-electron chi connectivity index (χ4n) is 1.94. The fraction of sp³-hybridized carbons (Fsp3) is 0.417. The molecule has 2 rings (SSSR count). The molecule has 80 valence electrons. The Morgan fingerprint density at radius 1 is 1.47 bits per heavy atom. The number of ether oxygens (including phenoxy) is 1.